The first-order chi connectivity index (χ1) is 8.97. The molecular weight excluding hydrogens is 256 g/mol. The second-order valence-electron chi connectivity index (χ2n) is 6.52. The minimum absolute atomic E-state index is 0.171. The third kappa shape index (κ3) is 2.78. The van der Waals surface area contributed by atoms with Gasteiger partial charge < -0.3 is 10.6 Å². The molecule has 19 heavy (non-hydrogen) atoms. The predicted octanol–water partition coefficient (Wildman–Crippen LogP) is 2.87. The SMILES string of the molecule is CC1CC(C(=O)N(C)C2CCCCCC2)(C(N)=S)C1. The molecule has 0 saturated heterocycles. The molecule has 2 aliphatic carbocycles. The van der Waals surface area contributed by atoms with E-state index in [9.17, 15) is 4.79 Å². The summed E-state index contributed by atoms with van der Waals surface area (Å²) in [5.74, 6) is 0.734. The van der Waals surface area contributed by atoms with E-state index in [0.717, 1.165) is 25.7 Å². The Morgan fingerprint density at radius 1 is 1.21 bits per heavy atom. The summed E-state index contributed by atoms with van der Waals surface area (Å²) in [6, 6.07) is 0.386. The maximum Gasteiger partial charge on any atom is 0.235 e. The summed E-state index contributed by atoms with van der Waals surface area (Å²) in [6.07, 6.45) is 9.00. The summed E-state index contributed by atoms with van der Waals surface area (Å²) < 4.78 is 0. The van der Waals surface area contributed by atoms with Crippen molar-refractivity contribution >= 4 is 23.1 Å². The van der Waals surface area contributed by atoms with Gasteiger partial charge in [0.1, 0.15) is 0 Å². The van der Waals surface area contributed by atoms with Gasteiger partial charge in [0.25, 0.3) is 0 Å². The number of nitrogens with zero attached hydrogens (tertiary/aromatic N) is 1. The van der Waals surface area contributed by atoms with E-state index in [1.54, 1.807) is 0 Å². The van der Waals surface area contributed by atoms with Crippen LogP contribution in [0.25, 0.3) is 0 Å². The molecule has 0 atom stereocenters. The number of amides is 1. The maximum atomic E-state index is 12.8. The van der Waals surface area contributed by atoms with Crippen LogP contribution in [0.1, 0.15) is 58.3 Å². The van der Waals surface area contributed by atoms with Gasteiger partial charge in [0, 0.05) is 13.1 Å². The van der Waals surface area contributed by atoms with Crippen LogP contribution in [-0.4, -0.2) is 28.9 Å². The van der Waals surface area contributed by atoms with E-state index in [-0.39, 0.29) is 5.91 Å². The van der Waals surface area contributed by atoms with Crippen LogP contribution in [0.2, 0.25) is 0 Å². The van der Waals surface area contributed by atoms with Crippen LogP contribution in [0.4, 0.5) is 0 Å². The van der Waals surface area contributed by atoms with Crippen molar-refractivity contribution in [3.05, 3.63) is 0 Å². The van der Waals surface area contributed by atoms with Crippen LogP contribution in [0.3, 0.4) is 0 Å². The van der Waals surface area contributed by atoms with Crippen LogP contribution in [0.5, 0.6) is 0 Å². The summed E-state index contributed by atoms with van der Waals surface area (Å²) in [5.41, 5.74) is 5.35. The van der Waals surface area contributed by atoms with Gasteiger partial charge >= 0.3 is 0 Å². The molecule has 0 spiro atoms. The molecule has 2 fully saturated rings. The summed E-state index contributed by atoms with van der Waals surface area (Å²) in [5, 5.41) is 0. The first kappa shape index (κ1) is 14.8. The lowest BCUT2D eigenvalue weighted by atomic mass is 9.61. The molecule has 108 valence electrons. The van der Waals surface area contributed by atoms with Gasteiger partial charge in [-0.1, -0.05) is 44.8 Å². The molecule has 2 aliphatic rings. The molecule has 0 aromatic carbocycles. The van der Waals surface area contributed by atoms with Gasteiger partial charge in [-0.25, -0.2) is 0 Å². The fraction of sp³-hybridized carbons (Fsp3) is 0.867. The zero-order valence-electron chi connectivity index (χ0n) is 12.2. The molecule has 0 aromatic rings. The van der Waals surface area contributed by atoms with Crippen LogP contribution in [-0.2, 0) is 4.79 Å². The number of hydrogen-bond acceptors (Lipinski definition) is 2. The molecule has 2 N–H and O–H groups in total. The molecule has 0 bridgehead atoms. The molecule has 0 unspecified atom stereocenters. The minimum Gasteiger partial charge on any atom is -0.392 e. The fourth-order valence-corrected chi connectivity index (χ4v) is 4.01. The van der Waals surface area contributed by atoms with E-state index in [1.807, 2.05) is 11.9 Å². The van der Waals surface area contributed by atoms with Crippen molar-refractivity contribution in [2.75, 3.05) is 7.05 Å². The van der Waals surface area contributed by atoms with Crippen LogP contribution in [0.15, 0.2) is 0 Å². The quantitative estimate of drug-likeness (QED) is 0.639. The highest BCUT2D eigenvalue weighted by atomic mass is 32.1. The van der Waals surface area contributed by atoms with Crippen molar-refractivity contribution in [1.82, 2.24) is 4.90 Å². The Morgan fingerprint density at radius 2 is 1.74 bits per heavy atom. The highest BCUT2D eigenvalue weighted by molar-refractivity contribution is 7.80. The van der Waals surface area contributed by atoms with Crippen LogP contribution >= 0.6 is 12.2 Å². The molecule has 0 aliphatic heterocycles. The normalized spacial score (nSPS) is 32.2. The lowest BCUT2D eigenvalue weighted by Crippen LogP contribution is -2.57. The summed E-state index contributed by atoms with van der Waals surface area (Å²) in [6.45, 7) is 2.16. The Labute approximate surface area is 121 Å². The first-order valence-electron chi connectivity index (χ1n) is 7.54. The molecule has 1 amide bonds. The molecule has 4 heteroatoms. The van der Waals surface area contributed by atoms with Gasteiger partial charge in [-0.2, -0.15) is 0 Å². The monoisotopic (exact) mass is 282 g/mol. The third-order valence-electron chi connectivity index (χ3n) is 4.97. The standard InChI is InChI=1S/C15H26N2OS/c1-11-9-15(10-11,13(16)19)14(18)17(2)12-7-5-3-4-6-8-12/h11-12H,3-10H2,1-2H3,(H2,16,19). The maximum absolute atomic E-state index is 12.8. The van der Waals surface area contributed by atoms with E-state index in [2.05, 4.69) is 6.92 Å². The molecule has 0 radical (unpaired) electrons. The van der Waals surface area contributed by atoms with Gasteiger partial charge in [0.05, 0.1) is 10.4 Å². The zero-order chi connectivity index (χ0) is 14.0. The Balaban J connectivity index is 2.06. The highest BCUT2D eigenvalue weighted by Crippen LogP contribution is 2.47. The summed E-state index contributed by atoms with van der Waals surface area (Å²) in [7, 11) is 1.95. The van der Waals surface area contributed by atoms with Gasteiger partial charge in [-0.05, 0) is 31.6 Å². The average Bonchev–Trinajstić information content (AvgIpc) is 2.61. The number of hydrogen-bond donors (Lipinski definition) is 1. The molecule has 2 saturated carbocycles. The lowest BCUT2D eigenvalue weighted by Gasteiger charge is -2.47. The van der Waals surface area contributed by atoms with Crippen LogP contribution in [0, 0.1) is 11.3 Å². The Hall–Kier alpha value is -0.640. The molecule has 3 nitrogen and oxygen atoms in total. The zero-order valence-corrected chi connectivity index (χ0v) is 13.0. The van der Waals surface area contributed by atoms with E-state index in [4.69, 9.17) is 18.0 Å². The molecule has 0 heterocycles. The summed E-state index contributed by atoms with van der Waals surface area (Å²) >= 11 is 5.19. The second kappa shape index (κ2) is 5.78. The molecule has 2 rings (SSSR count). The van der Waals surface area contributed by atoms with Crippen molar-refractivity contribution in [3.63, 3.8) is 0 Å². The van der Waals surface area contributed by atoms with Gasteiger partial charge in [-0.15, -0.1) is 0 Å². The van der Waals surface area contributed by atoms with E-state index in [0.29, 0.717) is 16.9 Å². The van der Waals surface area contributed by atoms with Gasteiger partial charge in [-0.3, -0.25) is 4.79 Å². The van der Waals surface area contributed by atoms with Crippen LogP contribution < -0.4 is 5.73 Å². The number of thiocarbonyl (C=S) groups is 1. The van der Waals surface area contributed by atoms with Gasteiger partial charge in [0.15, 0.2) is 0 Å². The number of rotatable bonds is 3. The Bertz CT molecular complexity index is 355. The largest absolute Gasteiger partial charge is 0.392 e. The third-order valence-corrected chi connectivity index (χ3v) is 5.36. The number of carbonyl (C=O) groups excluding carboxylic acids is 1. The van der Waals surface area contributed by atoms with Crippen molar-refractivity contribution in [2.45, 2.75) is 64.3 Å². The number of carbonyl (C=O) groups is 1. The lowest BCUT2D eigenvalue weighted by molar-refractivity contribution is -0.145. The van der Waals surface area contributed by atoms with E-state index in [1.165, 1.54) is 25.7 Å². The Morgan fingerprint density at radius 3 is 2.16 bits per heavy atom. The predicted molar refractivity (Wildman–Crippen MR) is 81.9 cm³/mol. The fourth-order valence-electron chi connectivity index (χ4n) is 3.76. The van der Waals surface area contributed by atoms with Crippen molar-refractivity contribution in [1.29, 1.82) is 0 Å². The molecular formula is C15H26N2OS. The minimum atomic E-state index is -0.532. The van der Waals surface area contributed by atoms with Gasteiger partial charge in [0.2, 0.25) is 5.91 Å². The van der Waals surface area contributed by atoms with E-state index >= 15 is 0 Å². The number of nitrogens with two attached hydrogens (primary N) is 1. The Kier molecular flexibility index (Phi) is 4.49. The smallest absolute Gasteiger partial charge is 0.235 e. The van der Waals surface area contributed by atoms with Crippen molar-refractivity contribution < 1.29 is 4.79 Å². The van der Waals surface area contributed by atoms with E-state index < -0.39 is 5.41 Å². The summed E-state index contributed by atoms with van der Waals surface area (Å²) in [4.78, 5) is 15.2. The van der Waals surface area contributed by atoms with Crippen molar-refractivity contribution in [2.24, 2.45) is 17.1 Å². The highest BCUT2D eigenvalue weighted by Gasteiger charge is 2.52. The topological polar surface area (TPSA) is 46.3 Å². The molecule has 0 aromatic heterocycles. The van der Waals surface area contributed by atoms with Crippen molar-refractivity contribution in [3.8, 4) is 0 Å². The average molecular weight is 282 g/mol. The second-order valence-corrected chi connectivity index (χ2v) is 6.96. The first-order valence-corrected chi connectivity index (χ1v) is 7.95.